The highest BCUT2D eigenvalue weighted by Crippen LogP contribution is 2.26. The summed E-state index contributed by atoms with van der Waals surface area (Å²) >= 11 is 6.21. The van der Waals surface area contributed by atoms with Gasteiger partial charge in [-0.1, -0.05) is 55.8 Å². The highest BCUT2D eigenvalue weighted by molar-refractivity contribution is 7.89. The third-order valence-corrected chi connectivity index (χ3v) is 8.16. The van der Waals surface area contributed by atoms with Gasteiger partial charge in [0, 0.05) is 51.4 Å². The number of halogens is 1. The lowest BCUT2D eigenvalue weighted by Crippen LogP contribution is -2.35. The number of carbonyl (C=O) groups is 1. The van der Waals surface area contributed by atoms with Gasteiger partial charge in [-0.2, -0.15) is 4.31 Å². The average Bonchev–Trinajstić information content (AvgIpc) is 3.00. The van der Waals surface area contributed by atoms with Crippen LogP contribution in [0.4, 0.5) is 0 Å². The molecule has 0 spiro atoms. The monoisotopic (exact) mass is 463 g/mol. The minimum atomic E-state index is -3.75. The van der Waals surface area contributed by atoms with E-state index in [4.69, 9.17) is 11.6 Å². The van der Waals surface area contributed by atoms with E-state index in [1.54, 1.807) is 19.9 Å². The van der Waals surface area contributed by atoms with Crippen molar-refractivity contribution in [2.24, 2.45) is 0 Å². The third kappa shape index (κ3) is 5.66. The molecule has 0 unspecified atom stereocenters. The molecule has 0 aliphatic carbocycles. The quantitative estimate of drug-likeness (QED) is 0.627. The zero-order valence-corrected chi connectivity index (χ0v) is 19.7. The maximum atomic E-state index is 13.2. The van der Waals surface area contributed by atoms with Crippen molar-refractivity contribution in [1.29, 1.82) is 0 Å². The fraction of sp³-hybridized carbons (Fsp3) is 0.435. The number of nitrogens with zero attached hydrogens (tertiary/aromatic N) is 3. The van der Waals surface area contributed by atoms with Crippen LogP contribution >= 0.6 is 11.6 Å². The number of sulfonamides is 1. The van der Waals surface area contributed by atoms with Gasteiger partial charge >= 0.3 is 0 Å². The fourth-order valence-electron chi connectivity index (χ4n) is 3.89. The normalized spacial score (nSPS) is 15.8. The molecule has 1 aliphatic rings. The van der Waals surface area contributed by atoms with Crippen molar-refractivity contribution in [3.63, 3.8) is 0 Å². The molecule has 2 aromatic rings. The summed E-state index contributed by atoms with van der Waals surface area (Å²) in [6.07, 6.45) is 0.872. The molecule has 1 aliphatic heterocycles. The van der Waals surface area contributed by atoms with E-state index in [0.717, 1.165) is 26.1 Å². The molecule has 1 amide bonds. The Morgan fingerprint density at radius 3 is 2.39 bits per heavy atom. The molecule has 168 valence electrons. The van der Waals surface area contributed by atoms with E-state index in [0.29, 0.717) is 31.7 Å². The van der Waals surface area contributed by atoms with Gasteiger partial charge in [-0.25, -0.2) is 8.42 Å². The van der Waals surface area contributed by atoms with Crippen molar-refractivity contribution in [3.8, 4) is 0 Å². The third-order valence-electron chi connectivity index (χ3n) is 5.63. The fourth-order valence-corrected chi connectivity index (χ4v) is 5.85. The van der Waals surface area contributed by atoms with E-state index in [9.17, 15) is 13.2 Å². The molecule has 1 saturated heterocycles. The highest BCUT2D eigenvalue weighted by Gasteiger charge is 2.27. The summed E-state index contributed by atoms with van der Waals surface area (Å²) in [4.78, 5) is 17.3. The van der Waals surface area contributed by atoms with Gasteiger partial charge in [-0.05, 0) is 30.2 Å². The summed E-state index contributed by atoms with van der Waals surface area (Å²) in [7, 11) is -3.75. The van der Waals surface area contributed by atoms with E-state index in [1.807, 2.05) is 23.1 Å². The summed E-state index contributed by atoms with van der Waals surface area (Å²) < 4.78 is 27.2. The van der Waals surface area contributed by atoms with Gasteiger partial charge in [0.25, 0.3) is 5.91 Å². The average molecular weight is 464 g/mol. The molecule has 1 heterocycles. The van der Waals surface area contributed by atoms with Crippen LogP contribution in [0.2, 0.25) is 5.02 Å². The standard InChI is InChI=1S/C23H30ClN3O3S/c1-3-27(4-2)31(29,30)22-17-20(11-12-21(22)24)23(28)26-14-8-13-25(15-16-26)18-19-9-6-5-7-10-19/h5-7,9-12,17H,3-4,8,13-16,18H2,1-2H3. The van der Waals surface area contributed by atoms with E-state index in [-0.39, 0.29) is 15.8 Å². The first-order valence-corrected chi connectivity index (χ1v) is 12.5. The van der Waals surface area contributed by atoms with E-state index >= 15 is 0 Å². The summed E-state index contributed by atoms with van der Waals surface area (Å²) in [6, 6.07) is 14.8. The molecule has 2 aromatic carbocycles. The molecule has 0 aromatic heterocycles. The Bertz CT molecular complexity index is 994. The van der Waals surface area contributed by atoms with Crippen molar-refractivity contribution >= 4 is 27.5 Å². The molecular formula is C23H30ClN3O3S. The number of benzene rings is 2. The maximum Gasteiger partial charge on any atom is 0.253 e. The Hall–Kier alpha value is -1.93. The van der Waals surface area contributed by atoms with Gasteiger partial charge < -0.3 is 4.90 Å². The first kappa shape index (κ1) is 23.7. The maximum absolute atomic E-state index is 13.2. The summed E-state index contributed by atoms with van der Waals surface area (Å²) in [5.41, 5.74) is 1.61. The van der Waals surface area contributed by atoms with Gasteiger partial charge in [0.15, 0.2) is 0 Å². The molecular weight excluding hydrogens is 434 g/mol. The van der Waals surface area contributed by atoms with Crippen molar-refractivity contribution in [1.82, 2.24) is 14.1 Å². The van der Waals surface area contributed by atoms with E-state index in [1.165, 1.54) is 22.0 Å². The molecule has 0 radical (unpaired) electrons. The van der Waals surface area contributed by atoms with Crippen LogP contribution in [-0.2, 0) is 16.6 Å². The number of amides is 1. The lowest BCUT2D eigenvalue weighted by molar-refractivity contribution is 0.0761. The molecule has 0 saturated carbocycles. The minimum absolute atomic E-state index is 0.00996. The van der Waals surface area contributed by atoms with Crippen LogP contribution < -0.4 is 0 Å². The number of hydrogen-bond acceptors (Lipinski definition) is 4. The van der Waals surface area contributed by atoms with Crippen LogP contribution in [0.25, 0.3) is 0 Å². The first-order chi connectivity index (χ1) is 14.9. The highest BCUT2D eigenvalue weighted by atomic mass is 35.5. The van der Waals surface area contributed by atoms with Crippen molar-refractivity contribution in [2.45, 2.75) is 31.7 Å². The number of carbonyl (C=O) groups excluding carboxylic acids is 1. The smallest absolute Gasteiger partial charge is 0.253 e. The SMILES string of the molecule is CCN(CC)S(=O)(=O)c1cc(C(=O)N2CCCN(Cc3ccccc3)CC2)ccc1Cl. The van der Waals surface area contributed by atoms with Gasteiger partial charge in [0.2, 0.25) is 10.0 Å². The van der Waals surface area contributed by atoms with Crippen LogP contribution in [0, 0.1) is 0 Å². The van der Waals surface area contributed by atoms with Gasteiger partial charge in [0.05, 0.1) is 5.02 Å². The first-order valence-electron chi connectivity index (χ1n) is 10.7. The molecule has 6 nitrogen and oxygen atoms in total. The Labute approximate surface area is 190 Å². The molecule has 0 bridgehead atoms. The molecule has 8 heteroatoms. The predicted molar refractivity (Wildman–Crippen MR) is 124 cm³/mol. The molecule has 0 atom stereocenters. The second-order valence-corrected chi connectivity index (χ2v) is 9.96. The number of hydrogen-bond donors (Lipinski definition) is 0. The Morgan fingerprint density at radius 2 is 1.71 bits per heavy atom. The molecule has 1 fully saturated rings. The van der Waals surface area contributed by atoms with Crippen LogP contribution in [-0.4, -0.2) is 67.7 Å². The number of rotatable bonds is 7. The van der Waals surface area contributed by atoms with Crippen LogP contribution in [0.3, 0.4) is 0 Å². The van der Waals surface area contributed by atoms with Gasteiger partial charge in [0.1, 0.15) is 4.90 Å². The summed E-state index contributed by atoms with van der Waals surface area (Å²) in [6.45, 7) is 8.05. The van der Waals surface area contributed by atoms with Crippen molar-refractivity contribution in [2.75, 3.05) is 39.3 Å². The molecule has 31 heavy (non-hydrogen) atoms. The lowest BCUT2D eigenvalue weighted by atomic mass is 10.2. The van der Waals surface area contributed by atoms with E-state index in [2.05, 4.69) is 17.0 Å². The second kappa shape index (κ2) is 10.6. The van der Waals surface area contributed by atoms with Gasteiger partial charge in [-0.3, -0.25) is 9.69 Å². The zero-order chi connectivity index (χ0) is 22.4. The van der Waals surface area contributed by atoms with Crippen LogP contribution in [0.1, 0.15) is 36.2 Å². The summed E-state index contributed by atoms with van der Waals surface area (Å²) in [5.74, 6) is -0.158. The second-order valence-electron chi connectivity index (χ2n) is 7.64. The van der Waals surface area contributed by atoms with Crippen molar-refractivity contribution in [3.05, 3.63) is 64.7 Å². The Balaban J connectivity index is 1.74. The van der Waals surface area contributed by atoms with Crippen molar-refractivity contribution < 1.29 is 13.2 Å². The largest absolute Gasteiger partial charge is 0.337 e. The van der Waals surface area contributed by atoms with Gasteiger partial charge in [-0.15, -0.1) is 0 Å². The zero-order valence-electron chi connectivity index (χ0n) is 18.1. The molecule has 0 N–H and O–H groups in total. The topological polar surface area (TPSA) is 60.9 Å². The Morgan fingerprint density at radius 1 is 1.00 bits per heavy atom. The molecule has 3 rings (SSSR count). The van der Waals surface area contributed by atoms with Crippen LogP contribution in [0.5, 0.6) is 0 Å². The summed E-state index contributed by atoms with van der Waals surface area (Å²) in [5, 5.41) is 0.133. The Kier molecular flexibility index (Phi) is 8.11. The minimum Gasteiger partial charge on any atom is -0.337 e. The predicted octanol–water partition coefficient (Wildman–Crippen LogP) is 3.72. The lowest BCUT2D eigenvalue weighted by Gasteiger charge is -2.23. The van der Waals surface area contributed by atoms with Crippen LogP contribution in [0.15, 0.2) is 53.4 Å². The van der Waals surface area contributed by atoms with E-state index < -0.39 is 10.0 Å².